The van der Waals surface area contributed by atoms with Gasteiger partial charge in [-0.1, -0.05) is 11.1 Å². The van der Waals surface area contributed by atoms with Crippen LogP contribution in [0.2, 0.25) is 0 Å². The number of amides is 1. The van der Waals surface area contributed by atoms with Gasteiger partial charge in [-0.3, -0.25) is 9.59 Å². The lowest BCUT2D eigenvalue weighted by Gasteiger charge is -2.29. The maximum absolute atomic E-state index is 12.5. The number of nitrogens with one attached hydrogen (secondary N) is 1. The lowest BCUT2D eigenvalue weighted by molar-refractivity contribution is -0.146. The quantitative estimate of drug-likeness (QED) is 0.654. The van der Waals surface area contributed by atoms with Gasteiger partial charge >= 0.3 is 11.9 Å². The molecule has 0 saturated heterocycles. The number of esters is 1. The molecule has 0 saturated carbocycles. The monoisotopic (exact) mass is 331 g/mol. The van der Waals surface area contributed by atoms with Crippen LogP contribution in [-0.4, -0.2) is 30.1 Å². The first-order chi connectivity index (χ1) is 11.3. The SMILES string of the molecule is COC(=O)c1ccc(NC(=O)[C@H]2CC(C)=C(C)C[C@H]2C(=O)O)cc1. The largest absolute Gasteiger partial charge is 0.481 e. The first kappa shape index (κ1) is 17.7. The van der Waals surface area contributed by atoms with Crippen LogP contribution in [0.25, 0.3) is 0 Å². The summed E-state index contributed by atoms with van der Waals surface area (Å²) in [6.45, 7) is 3.84. The highest BCUT2D eigenvalue weighted by atomic mass is 16.5. The number of benzene rings is 1. The van der Waals surface area contributed by atoms with E-state index in [4.69, 9.17) is 0 Å². The van der Waals surface area contributed by atoms with Crippen LogP contribution in [0.5, 0.6) is 0 Å². The molecule has 6 heteroatoms. The first-order valence-corrected chi connectivity index (χ1v) is 7.70. The molecule has 2 atom stereocenters. The Kier molecular flexibility index (Phi) is 5.39. The Morgan fingerprint density at radius 1 is 1.04 bits per heavy atom. The highest BCUT2D eigenvalue weighted by Gasteiger charge is 2.37. The van der Waals surface area contributed by atoms with E-state index >= 15 is 0 Å². The summed E-state index contributed by atoms with van der Waals surface area (Å²) in [6.07, 6.45) is 0.829. The molecule has 1 amide bonds. The van der Waals surface area contributed by atoms with E-state index < -0.39 is 23.8 Å². The molecule has 2 N–H and O–H groups in total. The van der Waals surface area contributed by atoms with Crippen LogP contribution in [0.4, 0.5) is 5.69 Å². The lowest BCUT2D eigenvalue weighted by Crippen LogP contribution is -2.36. The number of anilines is 1. The van der Waals surface area contributed by atoms with Gasteiger partial charge in [0.2, 0.25) is 5.91 Å². The van der Waals surface area contributed by atoms with Gasteiger partial charge in [0, 0.05) is 5.69 Å². The van der Waals surface area contributed by atoms with Crippen molar-refractivity contribution >= 4 is 23.5 Å². The summed E-state index contributed by atoms with van der Waals surface area (Å²) < 4.78 is 4.62. The number of carboxylic acid groups (broad SMARTS) is 1. The fraction of sp³-hybridized carbons (Fsp3) is 0.389. The molecular weight excluding hydrogens is 310 g/mol. The van der Waals surface area contributed by atoms with Crippen molar-refractivity contribution in [2.45, 2.75) is 26.7 Å². The van der Waals surface area contributed by atoms with Crippen molar-refractivity contribution in [1.82, 2.24) is 0 Å². The van der Waals surface area contributed by atoms with E-state index in [9.17, 15) is 19.5 Å². The summed E-state index contributed by atoms with van der Waals surface area (Å²) >= 11 is 0. The second kappa shape index (κ2) is 7.29. The van der Waals surface area contributed by atoms with Crippen LogP contribution in [-0.2, 0) is 14.3 Å². The second-order valence-corrected chi connectivity index (χ2v) is 6.08. The van der Waals surface area contributed by atoms with Gasteiger partial charge in [-0.15, -0.1) is 0 Å². The predicted molar refractivity (Wildman–Crippen MR) is 88.6 cm³/mol. The van der Waals surface area contributed by atoms with Crippen LogP contribution in [0, 0.1) is 11.8 Å². The zero-order valence-corrected chi connectivity index (χ0v) is 14.0. The van der Waals surface area contributed by atoms with Crippen LogP contribution < -0.4 is 5.32 Å². The smallest absolute Gasteiger partial charge is 0.337 e. The van der Waals surface area contributed by atoms with Crippen LogP contribution >= 0.6 is 0 Å². The van der Waals surface area contributed by atoms with E-state index in [1.807, 2.05) is 13.8 Å². The molecule has 0 aromatic heterocycles. The maximum Gasteiger partial charge on any atom is 0.337 e. The summed E-state index contributed by atoms with van der Waals surface area (Å²) in [7, 11) is 1.30. The molecule has 0 heterocycles. The molecule has 0 aliphatic heterocycles. The number of carbonyl (C=O) groups is 3. The standard InChI is InChI=1S/C18H21NO5/c1-10-8-14(15(17(21)22)9-11(10)2)16(20)19-13-6-4-12(5-7-13)18(23)24-3/h4-7,14-15H,8-9H2,1-3H3,(H,19,20)(H,21,22)/t14-,15+/m0/s1. The minimum atomic E-state index is -0.956. The Morgan fingerprint density at radius 3 is 2.08 bits per heavy atom. The van der Waals surface area contributed by atoms with Gasteiger partial charge < -0.3 is 15.2 Å². The molecule has 128 valence electrons. The minimum Gasteiger partial charge on any atom is -0.481 e. The number of rotatable bonds is 4. The summed E-state index contributed by atoms with van der Waals surface area (Å²) in [4.78, 5) is 35.4. The molecule has 0 radical (unpaired) electrons. The number of allylic oxidation sites excluding steroid dienone is 2. The van der Waals surface area contributed by atoms with Gasteiger partial charge in [0.15, 0.2) is 0 Å². The predicted octanol–water partition coefficient (Wildman–Crippen LogP) is 2.86. The van der Waals surface area contributed by atoms with Crippen molar-refractivity contribution in [1.29, 1.82) is 0 Å². The number of hydrogen-bond donors (Lipinski definition) is 2. The molecule has 1 aliphatic carbocycles. The van der Waals surface area contributed by atoms with Crippen LogP contribution in [0.1, 0.15) is 37.0 Å². The van der Waals surface area contributed by atoms with Gasteiger partial charge in [0.05, 0.1) is 24.5 Å². The first-order valence-electron chi connectivity index (χ1n) is 7.70. The molecule has 6 nitrogen and oxygen atoms in total. The van der Waals surface area contributed by atoms with Crippen molar-refractivity contribution in [3.63, 3.8) is 0 Å². The van der Waals surface area contributed by atoms with Gasteiger partial charge in [0.1, 0.15) is 0 Å². The minimum absolute atomic E-state index is 0.319. The number of ether oxygens (including phenoxy) is 1. The number of methoxy groups -OCH3 is 1. The Morgan fingerprint density at radius 2 is 1.58 bits per heavy atom. The number of aliphatic carboxylic acids is 1. The Hall–Kier alpha value is -2.63. The van der Waals surface area contributed by atoms with Crippen LogP contribution in [0.15, 0.2) is 35.4 Å². The third-order valence-corrected chi connectivity index (χ3v) is 4.49. The molecule has 1 aromatic rings. The third kappa shape index (κ3) is 3.82. The fourth-order valence-electron chi connectivity index (χ4n) is 2.87. The highest BCUT2D eigenvalue weighted by Crippen LogP contribution is 2.35. The zero-order valence-electron chi connectivity index (χ0n) is 14.0. The fourth-order valence-corrected chi connectivity index (χ4v) is 2.87. The number of carboxylic acids is 1. The highest BCUT2D eigenvalue weighted by molar-refractivity contribution is 5.96. The molecule has 0 unspecified atom stereocenters. The normalized spacial score (nSPS) is 20.5. The maximum atomic E-state index is 12.5. The molecule has 1 aliphatic rings. The molecular formula is C18H21NO5. The summed E-state index contributed by atoms with van der Waals surface area (Å²) in [5.41, 5.74) is 2.99. The van der Waals surface area contributed by atoms with Crippen molar-refractivity contribution < 1.29 is 24.2 Å². The molecule has 2 rings (SSSR count). The molecule has 0 spiro atoms. The van der Waals surface area contributed by atoms with E-state index in [0.717, 1.165) is 11.1 Å². The second-order valence-electron chi connectivity index (χ2n) is 6.08. The van der Waals surface area contributed by atoms with Gasteiger partial charge in [-0.05, 0) is 51.0 Å². The van der Waals surface area contributed by atoms with E-state index in [-0.39, 0.29) is 5.91 Å². The van der Waals surface area contributed by atoms with E-state index in [2.05, 4.69) is 10.1 Å². The van der Waals surface area contributed by atoms with E-state index in [1.165, 1.54) is 7.11 Å². The van der Waals surface area contributed by atoms with Crippen molar-refractivity contribution in [2.75, 3.05) is 12.4 Å². The topological polar surface area (TPSA) is 92.7 Å². The lowest BCUT2D eigenvalue weighted by atomic mass is 9.76. The molecule has 1 aromatic carbocycles. The van der Waals surface area contributed by atoms with Crippen molar-refractivity contribution in [3.05, 3.63) is 41.0 Å². The molecule has 0 bridgehead atoms. The molecule has 0 fully saturated rings. The van der Waals surface area contributed by atoms with Gasteiger partial charge in [0.25, 0.3) is 0 Å². The summed E-state index contributed by atoms with van der Waals surface area (Å²) in [5.74, 6) is -3.06. The molecule has 24 heavy (non-hydrogen) atoms. The van der Waals surface area contributed by atoms with Gasteiger partial charge in [-0.25, -0.2) is 4.79 Å². The Balaban J connectivity index is 2.13. The average molecular weight is 331 g/mol. The van der Waals surface area contributed by atoms with Crippen molar-refractivity contribution in [2.24, 2.45) is 11.8 Å². The van der Waals surface area contributed by atoms with E-state index in [1.54, 1.807) is 24.3 Å². The summed E-state index contributed by atoms with van der Waals surface area (Å²) in [6, 6.07) is 6.28. The summed E-state index contributed by atoms with van der Waals surface area (Å²) in [5, 5.41) is 12.1. The Labute approximate surface area is 140 Å². The van der Waals surface area contributed by atoms with E-state index in [0.29, 0.717) is 24.1 Å². The average Bonchev–Trinajstić information content (AvgIpc) is 2.56. The van der Waals surface area contributed by atoms with Crippen LogP contribution in [0.3, 0.4) is 0 Å². The zero-order chi connectivity index (χ0) is 17.9. The number of carbonyl (C=O) groups excluding carboxylic acids is 2. The number of hydrogen-bond acceptors (Lipinski definition) is 4. The third-order valence-electron chi connectivity index (χ3n) is 4.49. The van der Waals surface area contributed by atoms with Crippen molar-refractivity contribution in [3.8, 4) is 0 Å². The van der Waals surface area contributed by atoms with Gasteiger partial charge in [-0.2, -0.15) is 0 Å². The Bertz CT molecular complexity index is 690.